The number of thioether (sulfide) groups is 1. The molecule has 0 saturated heterocycles. The predicted molar refractivity (Wildman–Crippen MR) is 68.0 cm³/mol. The fourth-order valence-electron chi connectivity index (χ4n) is 0.999. The van der Waals surface area contributed by atoms with E-state index in [0.717, 1.165) is 0 Å². The van der Waals surface area contributed by atoms with Gasteiger partial charge in [0.25, 0.3) is 0 Å². The van der Waals surface area contributed by atoms with E-state index in [9.17, 15) is 0 Å². The van der Waals surface area contributed by atoms with Gasteiger partial charge < -0.3 is 0 Å². The van der Waals surface area contributed by atoms with Crippen molar-refractivity contribution < 1.29 is 0 Å². The smallest absolute Gasteiger partial charge is 0.151 e. The van der Waals surface area contributed by atoms with Gasteiger partial charge in [0.15, 0.2) is 5.92 Å². The van der Waals surface area contributed by atoms with Gasteiger partial charge in [0.2, 0.25) is 0 Å². The summed E-state index contributed by atoms with van der Waals surface area (Å²) in [4.78, 5) is -0.317. The SMILES string of the molecule is N#C/C(S)=C(\C#N)SC(C#N)C(C#N)C(C#N)C#N. The number of thiol groups is 1. The second-order valence-electron chi connectivity index (χ2n) is 2.96. The lowest BCUT2D eigenvalue weighted by molar-refractivity contribution is 0.614. The lowest BCUT2D eigenvalue weighted by atomic mass is 9.93. The van der Waals surface area contributed by atoms with E-state index >= 15 is 0 Å². The van der Waals surface area contributed by atoms with Gasteiger partial charge in [-0.25, -0.2) is 0 Å². The van der Waals surface area contributed by atoms with E-state index in [1.54, 1.807) is 36.4 Å². The van der Waals surface area contributed by atoms with Crippen molar-refractivity contribution in [1.29, 1.82) is 31.6 Å². The van der Waals surface area contributed by atoms with Crippen molar-refractivity contribution in [2.75, 3.05) is 0 Å². The topological polar surface area (TPSA) is 143 Å². The Morgan fingerprint density at radius 1 is 0.842 bits per heavy atom. The molecule has 0 N–H and O–H groups in total. The first-order chi connectivity index (χ1) is 9.09. The van der Waals surface area contributed by atoms with Crippen LogP contribution in [0, 0.1) is 79.8 Å². The van der Waals surface area contributed by atoms with Gasteiger partial charge in [0, 0.05) is 0 Å². The Kier molecular flexibility index (Phi) is 7.30. The summed E-state index contributed by atoms with van der Waals surface area (Å²) < 4.78 is 0. The second-order valence-corrected chi connectivity index (χ2v) is 4.56. The van der Waals surface area contributed by atoms with E-state index in [-0.39, 0.29) is 9.81 Å². The Hall–Kier alpha value is -2.62. The van der Waals surface area contributed by atoms with Gasteiger partial charge in [-0.3, -0.25) is 0 Å². The molecule has 0 aromatic carbocycles. The van der Waals surface area contributed by atoms with Crippen LogP contribution in [0.1, 0.15) is 0 Å². The highest BCUT2D eigenvalue weighted by atomic mass is 32.2. The quantitative estimate of drug-likeness (QED) is 0.609. The van der Waals surface area contributed by atoms with Crippen LogP contribution in [-0.4, -0.2) is 5.25 Å². The van der Waals surface area contributed by atoms with Crippen molar-refractivity contribution in [3.8, 4) is 36.4 Å². The molecule has 0 spiro atoms. The number of nitriles is 6. The largest absolute Gasteiger partial charge is 0.198 e. The van der Waals surface area contributed by atoms with Gasteiger partial charge in [0.05, 0.1) is 24.3 Å². The maximum atomic E-state index is 8.99. The van der Waals surface area contributed by atoms with Crippen LogP contribution in [0.15, 0.2) is 9.81 Å². The fourth-order valence-corrected chi connectivity index (χ4v) is 2.09. The second kappa shape index (κ2) is 8.47. The number of allylic oxidation sites excluding steroid dienone is 2. The molecule has 19 heavy (non-hydrogen) atoms. The van der Waals surface area contributed by atoms with Crippen molar-refractivity contribution in [3.05, 3.63) is 9.81 Å². The molecule has 2 atom stereocenters. The highest BCUT2D eigenvalue weighted by Crippen LogP contribution is 2.32. The Labute approximate surface area is 119 Å². The lowest BCUT2D eigenvalue weighted by Crippen LogP contribution is -2.21. The third kappa shape index (κ3) is 4.27. The first-order valence-electron chi connectivity index (χ1n) is 4.58. The summed E-state index contributed by atoms with van der Waals surface area (Å²) in [6.07, 6.45) is 0. The molecule has 8 heteroatoms. The highest BCUT2D eigenvalue weighted by Gasteiger charge is 2.32. The third-order valence-electron chi connectivity index (χ3n) is 1.91. The minimum absolute atomic E-state index is 0.132. The summed E-state index contributed by atoms with van der Waals surface area (Å²) in [6.45, 7) is 0. The number of nitrogens with zero attached hydrogens (tertiary/aromatic N) is 6. The monoisotopic (exact) mass is 284 g/mol. The normalized spacial score (nSPS) is 13.3. The van der Waals surface area contributed by atoms with Crippen molar-refractivity contribution in [1.82, 2.24) is 0 Å². The Morgan fingerprint density at radius 3 is 1.74 bits per heavy atom. The first kappa shape index (κ1) is 16.4. The fraction of sp³-hybridized carbons (Fsp3) is 0.273. The number of hydrogen-bond acceptors (Lipinski definition) is 8. The highest BCUT2D eigenvalue weighted by molar-refractivity contribution is 8.04. The first-order valence-corrected chi connectivity index (χ1v) is 5.90. The zero-order chi connectivity index (χ0) is 14.8. The van der Waals surface area contributed by atoms with Crippen LogP contribution in [0.5, 0.6) is 0 Å². The van der Waals surface area contributed by atoms with E-state index < -0.39 is 17.1 Å². The van der Waals surface area contributed by atoms with E-state index in [1.807, 2.05) is 0 Å². The molecule has 0 aromatic rings. The van der Waals surface area contributed by atoms with Crippen molar-refractivity contribution in [2.45, 2.75) is 5.25 Å². The maximum absolute atomic E-state index is 8.99. The average Bonchev–Trinajstić information content (AvgIpc) is 2.46. The number of rotatable bonds is 4. The zero-order valence-electron chi connectivity index (χ0n) is 9.27. The van der Waals surface area contributed by atoms with Gasteiger partial charge in [-0.05, 0) is 0 Å². The molecule has 90 valence electrons. The molecular weight excluding hydrogens is 280 g/mol. The van der Waals surface area contributed by atoms with Gasteiger partial charge >= 0.3 is 0 Å². The molecule has 0 aliphatic rings. The minimum atomic E-state index is -1.28. The molecule has 0 saturated carbocycles. The molecule has 0 aliphatic heterocycles. The molecule has 0 heterocycles. The summed E-state index contributed by atoms with van der Waals surface area (Å²) in [5, 5.41) is 51.7. The van der Waals surface area contributed by atoms with Gasteiger partial charge in [-0.1, -0.05) is 11.8 Å². The van der Waals surface area contributed by atoms with Gasteiger partial charge in [-0.2, -0.15) is 31.6 Å². The van der Waals surface area contributed by atoms with Crippen LogP contribution in [0.2, 0.25) is 0 Å². The molecular formula is C11H4N6S2. The molecule has 0 amide bonds. The molecule has 0 fully saturated rings. The molecule has 0 bridgehead atoms. The van der Waals surface area contributed by atoms with Crippen LogP contribution in [0.3, 0.4) is 0 Å². The summed E-state index contributed by atoms with van der Waals surface area (Å²) in [5.41, 5.74) is 0. The van der Waals surface area contributed by atoms with Crippen LogP contribution in [0.25, 0.3) is 0 Å². The summed E-state index contributed by atoms with van der Waals surface area (Å²) in [5.74, 6) is -2.47. The maximum Gasteiger partial charge on any atom is 0.151 e. The average molecular weight is 284 g/mol. The molecule has 0 rings (SSSR count). The summed E-state index contributed by atoms with van der Waals surface area (Å²) >= 11 is 4.41. The zero-order valence-corrected chi connectivity index (χ0v) is 11.0. The van der Waals surface area contributed by atoms with Crippen molar-refractivity contribution in [3.63, 3.8) is 0 Å². The number of hydrogen-bond donors (Lipinski definition) is 1. The van der Waals surface area contributed by atoms with Crippen molar-refractivity contribution >= 4 is 24.4 Å². The Bertz CT molecular complexity index is 611. The molecule has 2 unspecified atom stereocenters. The summed E-state index contributed by atoms with van der Waals surface area (Å²) in [7, 11) is 0. The van der Waals surface area contributed by atoms with E-state index in [0.29, 0.717) is 11.8 Å². The molecule has 0 aliphatic carbocycles. The van der Waals surface area contributed by atoms with Crippen molar-refractivity contribution in [2.24, 2.45) is 11.8 Å². The summed E-state index contributed by atoms with van der Waals surface area (Å²) in [6, 6.07) is 10.0. The van der Waals surface area contributed by atoms with Crippen LogP contribution < -0.4 is 0 Å². The molecule has 0 aromatic heterocycles. The van der Waals surface area contributed by atoms with Crippen LogP contribution in [-0.2, 0) is 0 Å². The lowest BCUT2D eigenvalue weighted by Gasteiger charge is -2.14. The van der Waals surface area contributed by atoms with Crippen LogP contribution in [0.4, 0.5) is 0 Å². The standard InChI is InChI=1S/C11H4N6S2/c12-1-7(2-13)8(3-14)10(5-16)19-11(6-17)9(18)4-15/h7-8,10,18H/b11-9-. The van der Waals surface area contributed by atoms with Gasteiger partial charge in [-0.15, -0.1) is 12.6 Å². The van der Waals surface area contributed by atoms with E-state index in [4.69, 9.17) is 31.6 Å². The molecule has 0 radical (unpaired) electrons. The Morgan fingerprint density at radius 2 is 1.42 bits per heavy atom. The predicted octanol–water partition coefficient (Wildman–Crippen LogP) is 1.60. The van der Waals surface area contributed by atoms with E-state index in [1.165, 1.54) is 0 Å². The van der Waals surface area contributed by atoms with Crippen LogP contribution >= 0.6 is 24.4 Å². The third-order valence-corrected chi connectivity index (χ3v) is 3.57. The molecule has 6 nitrogen and oxygen atoms in total. The minimum Gasteiger partial charge on any atom is -0.198 e. The van der Waals surface area contributed by atoms with E-state index in [2.05, 4.69) is 12.6 Å². The Balaban J connectivity index is 5.41. The van der Waals surface area contributed by atoms with Gasteiger partial charge in [0.1, 0.15) is 33.1 Å².